The van der Waals surface area contributed by atoms with Crippen LogP contribution >= 0.6 is 0 Å². The van der Waals surface area contributed by atoms with Crippen LogP contribution in [0.3, 0.4) is 0 Å². The molecule has 2 nitrogen and oxygen atoms in total. The standard InChI is InChI=1S/C27H36N2.C3H5.ClH.Pd/c1-18(2)22-11-9-12-23(19(3)4)26(22)28-15-16-29(17-28)27-24(20(5)6)13-10-14-25(27)21(7)8;1-3-2;;/h9-16,18-21H,1-8H3;3H,1-2H2;1H;/q;-1;;/p-1. The molecule has 0 bridgehead atoms. The number of imidazole rings is 1. The number of hydrogen-bond acceptors (Lipinski definition) is 0. The smallest absolute Gasteiger partial charge is 1.00 e. The second kappa shape index (κ2) is 13.3. The molecule has 0 N–H and O–H groups in total. The molecule has 3 aromatic rings. The Morgan fingerprint density at radius 3 is 1.12 bits per heavy atom. The van der Waals surface area contributed by atoms with Gasteiger partial charge in [0, 0.05) is 0 Å². The number of para-hydroxylation sites is 2. The molecule has 190 valence electrons. The van der Waals surface area contributed by atoms with E-state index in [1.807, 2.05) is 0 Å². The molecular formula is C30H41ClN2Pd-2. The minimum atomic E-state index is 0. The molecule has 4 heteroatoms. The van der Waals surface area contributed by atoms with Gasteiger partial charge in [-0.05, 0) is 0 Å². The molecule has 34 heavy (non-hydrogen) atoms. The van der Waals surface area contributed by atoms with Gasteiger partial charge < -0.3 is 12.4 Å². The van der Waals surface area contributed by atoms with Crippen molar-refractivity contribution in [3.05, 3.63) is 94.5 Å². The van der Waals surface area contributed by atoms with E-state index in [1.165, 1.54) is 39.7 Å². The van der Waals surface area contributed by atoms with E-state index < -0.39 is 0 Å². The molecule has 2 aromatic carbocycles. The van der Waals surface area contributed by atoms with Crippen molar-refractivity contribution in [2.24, 2.45) is 0 Å². The minimum Gasteiger partial charge on any atom is -1.00 e. The topological polar surface area (TPSA) is 9.86 Å². The fourth-order valence-corrected chi connectivity index (χ4v) is 4.84. The zero-order chi connectivity index (χ0) is 24.9. The van der Waals surface area contributed by atoms with Gasteiger partial charge in [0.1, 0.15) is 0 Å². The third kappa shape index (κ3) is 6.45. The van der Waals surface area contributed by atoms with Gasteiger partial charge in [-0.3, -0.25) is 0 Å². The van der Waals surface area contributed by atoms with Gasteiger partial charge in [-0.15, -0.1) is 0 Å². The Morgan fingerprint density at radius 2 is 0.912 bits per heavy atom. The second-order valence-electron chi connectivity index (χ2n) is 9.76. The monoisotopic (exact) mass is 570 g/mol. The Morgan fingerprint density at radius 1 is 0.676 bits per heavy atom. The molecule has 0 aliphatic carbocycles. The summed E-state index contributed by atoms with van der Waals surface area (Å²) in [6.45, 7) is 24.7. The Labute approximate surface area is 224 Å². The summed E-state index contributed by atoms with van der Waals surface area (Å²) in [5.41, 5.74) is 8.18. The first-order valence-electron chi connectivity index (χ1n) is 12.0. The molecule has 0 amide bonds. The summed E-state index contributed by atoms with van der Waals surface area (Å²) < 4.78 is 5.78. The van der Waals surface area contributed by atoms with Gasteiger partial charge in [0.15, 0.2) is 0 Å². The molecular weight excluding hydrogens is 530 g/mol. The third-order valence-electron chi connectivity index (χ3n) is 5.90. The molecule has 0 saturated heterocycles. The molecule has 0 unspecified atom stereocenters. The summed E-state index contributed by atoms with van der Waals surface area (Å²) in [6, 6.07) is 13.5. The van der Waals surface area contributed by atoms with Crippen LogP contribution in [0.1, 0.15) is 101 Å². The van der Waals surface area contributed by atoms with E-state index in [4.69, 9.17) is 0 Å². The summed E-state index contributed by atoms with van der Waals surface area (Å²) in [4.78, 5) is 0. The van der Waals surface area contributed by atoms with Gasteiger partial charge in [0.05, 0.1) is 0 Å². The van der Waals surface area contributed by atoms with Gasteiger partial charge in [-0.25, -0.2) is 19.6 Å². The van der Waals surface area contributed by atoms with Crippen LogP contribution in [0, 0.1) is 10.8 Å². The van der Waals surface area contributed by atoms with Crippen molar-refractivity contribution in [2.45, 2.75) is 79.1 Å². The molecule has 0 saturated carbocycles. The number of rotatable bonds is 6. The van der Waals surface area contributed by atoms with Crippen LogP contribution in [0.15, 0.2) is 61.4 Å². The molecule has 1 aromatic heterocycles. The van der Waals surface area contributed by atoms with Crippen LogP contribution in [0.25, 0.3) is 11.4 Å². The summed E-state index contributed by atoms with van der Waals surface area (Å²) in [5, 5.41) is 0. The average molecular weight is 572 g/mol. The normalized spacial score (nSPS) is 11.0. The minimum absolute atomic E-state index is 0. The van der Waals surface area contributed by atoms with Crippen molar-refractivity contribution in [2.75, 3.05) is 0 Å². The number of hydrogen-bond donors (Lipinski definition) is 0. The maximum atomic E-state index is 3.64. The largest absolute Gasteiger partial charge is 1.00 e. The number of benzene rings is 2. The van der Waals surface area contributed by atoms with Crippen molar-refractivity contribution >= 4 is 0 Å². The van der Waals surface area contributed by atoms with Crippen molar-refractivity contribution in [3.63, 3.8) is 0 Å². The van der Waals surface area contributed by atoms with Crippen molar-refractivity contribution in [1.82, 2.24) is 9.13 Å². The number of halogens is 1. The molecule has 1 heterocycles. The van der Waals surface area contributed by atoms with Gasteiger partial charge in [0.2, 0.25) is 0 Å². The maximum absolute atomic E-state index is 3.64. The van der Waals surface area contributed by atoms with E-state index in [-0.39, 0.29) is 12.4 Å². The SMILES string of the molecule is C=C[CH2-].CC(C)c1cccc(C(C)C)c1-n1ccn(-c2c(C(C)C)cccc2C(C)C)[c]1=[Pd].[Cl-]. The first-order chi connectivity index (χ1) is 15.6. The van der Waals surface area contributed by atoms with Gasteiger partial charge in [-0.2, -0.15) is 0 Å². The number of nitrogens with zero attached hydrogens (tertiary/aromatic N) is 2. The summed E-state index contributed by atoms with van der Waals surface area (Å²) >= 11 is 3.64. The fourth-order valence-electron chi connectivity index (χ4n) is 4.26. The van der Waals surface area contributed by atoms with E-state index >= 15 is 0 Å². The van der Waals surface area contributed by atoms with Crippen molar-refractivity contribution in [1.29, 1.82) is 0 Å². The fraction of sp³-hybridized carbons (Fsp3) is 0.400. The second-order valence-corrected chi connectivity index (χ2v) is 10.5. The first kappa shape index (κ1) is 30.2. The molecule has 0 radical (unpaired) electrons. The van der Waals surface area contributed by atoms with E-state index in [9.17, 15) is 0 Å². The maximum Gasteiger partial charge on any atom is -1.00 e. The number of aromatic nitrogens is 2. The first-order valence-corrected chi connectivity index (χ1v) is 12.8. The Balaban J connectivity index is 0.00000137. The average Bonchev–Trinajstić information content (AvgIpc) is 3.13. The van der Waals surface area contributed by atoms with Crippen LogP contribution < -0.4 is 12.4 Å². The molecule has 0 atom stereocenters. The molecule has 0 fully saturated rings. The van der Waals surface area contributed by atoms with Gasteiger partial charge >= 0.3 is 193 Å². The summed E-state index contributed by atoms with van der Waals surface area (Å²) in [7, 11) is 0. The zero-order valence-electron chi connectivity index (χ0n) is 22.0. The van der Waals surface area contributed by atoms with Gasteiger partial charge in [0.25, 0.3) is 0 Å². The predicted molar refractivity (Wildman–Crippen MR) is 140 cm³/mol. The van der Waals surface area contributed by atoms with Gasteiger partial charge in [-0.1, -0.05) is 0 Å². The third-order valence-corrected chi connectivity index (χ3v) is 6.65. The predicted octanol–water partition coefficient (Wildman–Crippen LogP) is 5.85. The molecule has 0 aliphatic rings. The van der Waals surface area contributed by atoms with Crippen molar-refractivity contribution < 1.29 is 31.2 Å². The van der Waals surface area contributed by atoms with E-state index in [0.29, 0.717) is 23.7 Å². The molecule has 0 aliphatic heterocycles. The van der Waals surface area contributed by atoms with E-state index in [2.05, 4.69) is 146 Å². The summed E-state index contributed by atoms with van der Waals surface area (Å²) in [6.07, 6.45) is 5.93. The molecule has 3 rings (SSSR count). The molecule has 0 spiro atoms. The quantitative estimate of drug-likeness (QED) is 0.260. The van der Waals surface area contributed by atoms with Crippen molar-refractivity contribution in [3.8, 4) is 11.4 Å². The zero-order valence-corrected chi connectivity index (χ0v) is 24.3. The Bertz CT molecular complexity index is 996. The van der Waals surface area contributed by atoms with E-state index in [1.54, 1.807) is 0 Å². The number of allylic oxidation sites excluding steroid dienone is 1. The van der Waals surface area contributed by atoms with Crippen LogP contribution in [0.2, 0.25) is 0 Å². The van der Waals surface area contributed by atoms with Crippen LogP contribution in [0.4, 0.5) is 0 Å². The summed E-state index contributed by atoms with van der Waals surface area (Å²) in [5.74, 6) is 1.83. The van der Waals surface area contributed by atoms with E-state index in [0.717, 1.165) is 3.89 Å². The van der Waals surface area contributed by atoms with Crippen LogP contribution in [0.5, 0.6) is 0 Å². The van der Waals surface area contributed by atoms with Crippen LogP contribution in [-0.2, 0) is 18.7 Å². The Kier molecular flexibility index (Phi) is 11.9. The Hall–Kier alpha value is -1.79. The van der Waals surface area contributed by atoms with Crippen LogP contribution in [-0.4, -0.2) is 9.13 Å².